The van der Waals surface area contributed by atoms with E-state index in [-0.39, 0.29) is 24.0 Å². The van der Waals surface area contributed by atoms with Crippen LogP contribution in [0.15, 0.2) is 18.2 Å². The number of anilines is 1. The second kappa shape index (κ2) is 7.38. The van der Waals surface area contributed by atoms with Gasteiger partial charge in [-0.05, 0) is 24.1 Å². The third-order valence-electron chi connectivity index (χ3n) is 3.95. The molecule has 1 aromatic heterocycles. The summed E-state index contributed by atoms with van der Waals surface area (Å²) in [5.74, 6) is -0.931. The van der Waals surface area contributed by atoms with E-state index in [0.29, 0.717) is 40.2 Å². The first-order chi connectivity index (χ1) is 12.0. The highest BCUT2D eigenvalue weighted by atomic mass is 35.5. The minimum absolute atomic E-state index is 0.0287. The van der Waals surface area contributed by atoms with Gasteiger partial charge in [-0.25, -0.2) is 4.98 Å². The smallest absolute Gasteiger partial charge is 0.263 e. The molecule has 0 spiro atoms. The molecule has 1 aliphatic rings. The fourth-order valence-electron chi connectivity index (χ4n) is 2.79. The number of hydrogen-bond acceptors (Lipinski definition) is 6. The maximum Gasteiger partial charge on any atom is 0.263 e. The molecule has 2 aromatic rings. The Labute approximate surface area is 153 Å². The molecule has 0 radical (unpaired) electrons. The van der Waals surface area contributed by atoms with Crippen molar-refractivity contribution in [2.75, 3.05) is 25.0 Å². The van der Waals surface area contributed by atoms with Gasteiger partial charge in [0.2, 0.25) is 5.91 Å². The Morgan fingerprint density at radius 1 is 1.52 bits per heavy atom. The number of primary amides is 1. The summed E-state index contributed by atoms with van der Waals surface area (Å²) in [7, 11) is 0. The summed E-state index contributed by atoms with van der Waals surface area (Å²) < 4.78 is 0. The van der Waals surface area contributed by atoms with Crippen molar-refractivity contribution in [3.63, 3.8) is 0 Å². The molecule has 1 aromatic carbocycles. The average Bonchev–Trinajstić information content (AvgIpc) is 2.95. The Morgan fingerprint density at radius 2 is 2.32 bits per heavy atom. The Bertz CT molecular complexity index is 824. The van der Waals surface area contributed by atoms with Crippen LogP contribution in [0.5, 0.6) is 0 Å². The number of benzene rings is 1. The topological polar surface area (TPSA) is 117 Å². The molecule has 0 bridgehead atoms. The highest BCUT2D eigenvalue weighted by Gasteiger charge is 2.29. The average molecular weight is 381 g/mol. The SMILES string of the molecule is NC(=O)c1cc(C2CCNC(=O)c3sc(NCCO)nc32)ccc1Cl. The van der Waals surface area contributed by atoms with Crippen LogP contribution in [-0.2, 0) is 0 Å². The summed E-state index contributed by atoms with van der Waals surface area (Å²) in [6, 6.07) is 5.11. The van der Waals surface area contributed by atoms with E-state index in [9.17, 15) is 9.59 Å². The van der Waals surface area contributed by atoms with E-state index in [0.717, 1.165) is 5.56 Å². The second-order valence-corrected chi connectivity index (χ2v) is 6.99. The first-order valence-electron chi connectivity index (χ1n) is 7.74. The molecule has 0 fully saturated rings. The molecule has 1 unspecified atom stereocenters. The summed E-state index contributed by atoms with van der Waals surface area (Å²) in [6.07, 6.45) is 0.641. The number of aliphatic hydroxyl groups excluding tert-OH is 1. The minimum atomic E-state index is -0.599. The number of hydrogen-bond donors (Lipinski definition) is 4. The Hall–Kier alpha value is -2.16. The molecule has 3 rings (SSSR count). The quantitative estimate of drug-likeness (QED) is 0.628. The fraction of sp³-hybridized carbons (Fsp3) is 0.312. The number of nitrogens with zero attached hydrogens (tertiary/aromatic N) is 1. The number of carbonyl (C=O) groups is 2. The third-order valence-corrected chi connectivity index (χ3v) is 5.31. The number of halogens is 1. The highest BCUT2D eigenvalue weighted by Crippen LogP contribution is 2.37. The van der Waals surface area contributed by atoms with E-state index in [2.05, 4.69) is 15.6 Å². The molecule has 2 amide bonds. The molecule has 9 heteroatoms. The minimum Gasteiger partial charge on any atom is -0.395 e. The van der Waals surface area contributed by atoms with Gasteiger partial charge in [-0.15, -0.1) is 0 Å². The van der Waals surface area contributed by atoms with Crippen molar-refractivity contribution in [1.29, 1.82) is 0 Å². The lowest BCUT2D eigenvalue weighted by Crippen LogP contribution is -2.21. The van der Waals surface area contributed by atoms with E-state index in [1.165, 1.54) is 11.3 Å². The Kier molecular flexibility index (Phi) is 5.22. The summed E-state index contributed by atoms with van der Waals surface area (Å²) in [5, 5.41) is 15.7. The largest absolute Gasteiger partial charge is 0.395 e. The fourth-order valence-corrected chi connectivity index (χ4v) is 3.97. The van der Waals surface area contributed by atoms with Gasteiger partial charge in [-0.1, -0.05) is 29.0 Å². The van der Waals surface area contributed by atoms with Crippen molar-refractivity contribution >= 4 is 39.9 Å². The molecule has 132 valence electrons. The zero-order valence-electron chi connectivity index (χ0n) is 13.2. The van der Waals surface area contributed by atoms with Gasteiger partial charge in [0.15, 0.2) is 5.13 Å². The molecule has 2 heterocycles. The Morgan fingerprint density at radius 3 is 3.04 bits per heavy atom. The van der Waals surface area contributed by atoms with E-state index in [1.807, 2.05) is 6.07 Å². The lowest BCUT2D eigenvalue weighted by molar-refractivity contribution is 0.0958. The number of nitrogens with two attached hydrogens (primary N) is 1. The van der Waals surface area contributed by atoms with Gasteiger partial charge >= 0.3 is 0 Å². The van der Waals surface area contributed by atoms with E-state index >= 15 is 0 Å². The van der Waals surface area contributed by atoms with Crippen molar-refractivity contribution < 1.29 is 14.7 Å². The molecule has 25 heavy (non-hydrogen) atoms. The number of carbonyl (C=O) groups excluding carboxylic acids is 2. The predicted octanol–water partition coefficient (Wildman–Crippen LogP) is 1.56. The first kappa shape index (κ1) is 17.7. The van der Waals surface area contributed by atoms with Crippen molar-refractivity contribution in [3.05, 3.63) is 44.9 Å². The maximum absolute atomic E-state index is 12.3. The molecule has 0 saturated heterocycles. The van der Waals surface area contributed by atoms with Crippen molar-refractivity contribution in [2.45, 2.75) is 12.3 Å². The first-order valence-corrected chi connectivity index (χ1v) is 8.93. The Balaban J connectivity index is 2.04. The van der Waals surface area contributed by atoms with Gasteiger partial charge in [0.05, 0.1) is 22.9 Å². The van der Waals surface area contributed by atoms with E-state index < -0.39 is 5.91 Å². The molecule has 5 N–H and O–H groups in total. The van der Waals surface area contributed by atoms with Gasteiger partial charge in [-0.3, -0.25) is 9.59 Å². The van der Waals surface area contributed by atoms with Crippen LogP contribution in [0.2, 0.25) is 5.02 Å². The molecule has 0 saturated carbocycles. The number of thiazole rings is 1. The van der Waals surface area contributed by atoms with Crippen molar-refractivity contribution in [2.24, 2.45) is 5.73 Å². The maximum atomic E-state index is 12.3. The summed E-state index contributed by atoms with van der Waals surface area (Å²) in [4.78, 5) is 28.9. The number of amides is 2. The van der Waals surface area contributed by atoms with Crippen LogP contribution in [0, 0.1) is 0 Å². The summed E-state index contributed by atoms with van der Waals surface area (Å²) in [6.45, 7) is 0.824. The van der Waals surface area contributed by atoms with Crippen LogP contribution in [0.4, 0.5) is 5.13 Å². The van der Waals surface area contributed by atoms with Gasteiger partial charge in [0.1, 0.15) is 4.88 Å². The molecule has 7 nitrogen and oxygen atoms in total. The highest BCUT2D eigenvalue weighted by molar-refractivity contribution is 7.17. The van der Waals surface area contributed by atoms with Gasteiger partial charge in [0, 0.05) is 19.0 Å². The number of fused-ring (bicyclic) bond motifs is 1. The lowest BCUT2D eigenvalue weighted by atomic mass is 9.91. The molecular formula is C16H17ClN4O3S. The number of nitrogens with one attached hydrogen (secondary N) is 2. The van der Waals surface area contributed by atoms with Crippen LogP contribution >= 0.6 is 22.9 Å². The van der Waals surface area contributed by atoms with Crippen LogP contribution in [0.25, 0.3) is 0 Å². The summed E-state index contributed by atoms with van der Waals surface area (Å²) >= 11 is 7.28. The zero-order chi connectivity index (χ0) is 18.0. The normalized spacial score (nSPS) is 16.7. The molecular weight excluding hydrogens is 364 g/mol. The van der Waals surface area contributed by atoms with E-state index in [4.69, 9.17) is 22.4 Å². The summed E-state index contributed by atoms with van der Waals surface area (Å²) in [5.41, 5.74) is 7.11. The third kappa shape index (κ3) is 3.60. The van der Waals surface area contributed by atoms with Gasteiger partial charge in [-0.2, -0.15) is 0 Å². The standard InChI is InChI=1S/C16H17ClN4O3S/c17-11-2-1-8(7-10(11)14(18)23)9-3-4-19-15(24)13-12(9)21-16(25-13)20-5-6-22/h1-2,7,9,22H,3-6H2,(H2,18,23)(H,19,24)(H,20,21). The number of aliphatic hydroxyl groups is 1. The number of aromatic nitrogens is 1. The lowest BCUT2D eigenvalue weighted by Gasteiger charge is -2.15. The molecule has 1 atom stereocenters. The van der Waals surface area contributed by atoms with Crippen LogP contribution in [0.1, 0.15) is 43.6 Å². The van der Waals surface area contributed by atoms with Crippen LogP contribution in [-0.4, -0.2) is 41.6 Å². The molecule has 0 aliphatic carbocycles. The number of rotatable bonds is 5. The van der Waals surface area contributed by atoms with E-state index in [1.54, 1.807) is 12.1 Å². The zero-order valence-corrected chi connectivity index (χ0v) is 14.8. The van der Waals surface area contributed by atoms with Crippen LogP contribution < -0.4 is 16.4 Å². The van der Waals surface area contributed by atoms with Crippen molar-refractivity contribution in [1.82, 2.24) is 10.3 Å². The van der Waals surface area contributed by atoms with Gasteiger partial charge in [0.25, 0.3) is 5.91 Å². The van der Waals surface area contributed by atoms with Gasteiger partial charge < -0.3 is 21.5 Å². The molecule has 1 aliphatic heterocycles. The predicted molar refractivity (Wildman–Crippen MR) is 96.5 cm³/mol. The monoisotopic (exact) mass is 380 g/mol. The van der Waals surface area contributed by atoms with Crippen molar-refractivity contribution in [3.8, 4) is 0 Å². The second-order valence-electron chi connectivity index (χ2n) is 5.58. The van der Waals surface area contributed by atoms with Crippen LogP contribution in [0.3, 0.4) is 0 Å².